The van der Waals surface area contributed by atoms with Gasteiger partial charge in [-0.1, -0.05) is 54.6 Å². The number of fused-ring (bicyclic) bond motifs is 1. The fourth-order valence-corrected chi connectivity index (χ4v) is 4.40. The molecule has 186 valence electrons. The maximum atomic E-state index is 13.1. The Bertz CT molecular complexity index is 1370. The van der Waals surface area contributed by atoms with Crippen LogP contribution in [0, 0.1) is 0 Å². The third kappa shape index (κ3) is 4.71. The zero-order valence-corrected chi connectivity index (χ0v) is 20.0. The van der Waals surface area contributed by atoms with E-state index in [9.17, 15) is 19.2 Å². The molecule has 2 heterocycles. The molecule has 2 aliphatic rings. The zero-order chi connectivity index (χ0) is 25.9. The van der Waals surface area contributed by atoms with Gasteiger partial charge in [0.05, 0.1) is 30.0 Å². The fourth-order valence-electron chi connectivity index (χ4n) is 4.40. The minimum Gasteiger partial charge on any atom is -0.497 e. The summed E-state index contributed by atoms with van der Waals surface area (Å²) in [4.78, 5) is 51.4. The van der Waals surface area contributed by atoms with E-state index in [2.05, 4.69) is 5.10 Å². The Labute approximate surface area is 212 Å². The van der Waals surface area contributed by atoms with E-state index >= 15 is 0 Å². The van der Waals surface area contributed by atoms with Crippen molar-refractivity contribution in [1.29, 1.82) is 0 Å². The molecule has 3 amide bonds. The molecule has 9 heteroatoms. The summed E-state index contributed by atoms with van der Waals surface area (Å²) in [5.74, 6) is -1.84. The van der Waals surface area contributed by atoms with Gasteiger partial charge in [0.2, 0.25) is 0 Å². The summed E-state index contributed by atoms with van der Waals surface area (Å²) in [6, 6.07) is 22.8. The Kier molecular flexibility index (Phi) is 6.51. The Hall–Kier alpha value is -4.79. The molecule has 0 aromatic heterocycles. The highest BCUT2D eigenvalue weighted by atomic mass is 16.5. The molecule has 37 heavy (non-hydrogen) atoms. The highest BCUT2D eigenvalue weighted by molar-refractivity contribution is 6.22. The normalized spacial score (nSPS) is 16.5. The monoisotopic (exact) mass is 497 g/mol. The average molecular weight is 498 g/mol. The molecule has 3 aromatic rings. The van der Waals surface area contributed by atoms with Crippen molar-refractivity contribution in [1.82, 2.24) is 9.91 Å². The molecule has 0 bridgehead atoms. The van der Waals surface area contributed by atoms with Crippen LogP contribution in [0.3, 0.4) is 0 Å². The summed E-state index contributed by atoms with van der Waals surface area (Å²) in [6.45, 7) is -1.17. The van der Waals surface area contributed by atoms with E-state index in [1.807, 2.05) is 42.5 Å². The Morgan fingerprint density at radius 3 is 2.14 bits per heavy atom. The third-order valence-corrected chi connectivity index (χ3v) is 6.30. The summed E-state index contributed by atoms with van der Waals surface area (Å²) in [7, 11) is 1.58. The van der Waals surface area contributed by atoms with E-state index in [-0.39, 0.29) is 11.1 Å². The lowest BCUT2D eigenvalue weighted by molar-refractivity contribution is -0.152. The number of amides is 3. The molecule has 0 spiro atoms. The maximum Gasteiger partial charge on any atom is 0.326 e. The quantitative estimate of drug-likeness (QED) is 0.367. The van der Waals surface area contributed by atoms with Gasteiger partial charge in [-0.2, -0.15) is 5.10 Å². The molecular weight excluding hydrogens is 474 g/mol. The second-order valence-corrected chi connectivity index (χ2v) is 8.55. The van der Waals surface area contributed by atoms with Crippen LogP contribution in [0.2, 0.25) is 0 Å². The first-order chi connectivity index (χ1) is 18.0. The number of rotatable bonds is 7. The first-order valence-corrected chi connectivity index (χ1v) is 11.7. The van der Waals surface area contributed by atoms with Crippen molar-refractivity contribution in [2.24, 2.45) is 5.10 Å². The number of carbonyl (C=O) groups excluding carboxylic acids is 4. The maximum absolute atomic E-state index is 13.1. The number of nitrogens with zero attached hydrogens (tertiary/aromatic N) is 3. The molecule has 0 saturated heterocycles. The summed E-state index contributed by atoms with van der Waals surface area (Å²) < 4.78 is 10.4. The van der Waals surface area contributed by atoms with Gasteiger partial charge in [-0.15, -0.1) is 0 Å². The summed E-state index contributed by atoms with van der Waals surface area (Å²) in [5, 5.41) is 5.87. The van der Waals surface area contributed by atoms with Crippen LogP contribution in [0.15, 0.2) is 84.0 Å². The second-order valence-electron chi connectivity index (χ2n) is 8.55. The number of carbonyl (C=O) groups is 4. The van der Waals surface area contributed by atoms with Crippen LogP contribution >= 0.6 is 0 Å². The van der Waals surface area contributed by atoms with Gasteiger partial charge in [0.25, 0.3) is 17.7 Å². The van der Waals surface area contributed by atoms with Gasteiger partial charge in [-0.3, -0.25) is 24.1 Å². The predicted octanol–water partition coefficient (Wildman–Crippen LogP) is 3.21. The second kappa shape index (κ2) is 10.1. The molecule has 5 rings (SSSR count). The molecule has 9 nitrogen and oxygen atoms in total. The molecule has 0 fully saturated rings. The van der Waals surface area contributed by atoms with Crippen LogP contribution in [0.25, 0.3) is 0 Å². The van der Waals surface area contributed by atoms with Crippen LogP contribution in [-0.4, -0.2) is 59.6 Å². The lowest BCUT2D eigenvalue weighted by Gasteiger charge is -2.22. The fraction of sp³-hybridized carbons (Fsp3) is 0.179. The van der Waals surface area contributed by atoms with E-state index in [0.717, 1.165) is 21.7 Å². The SMILES string of the molecule is COc1ccc(C2CC(c3ccccc3)=NN2C(=O)COC(=O)CN2C(=O)c3ccccc3C2=O)cc1. The van der Waals surface area contributed by atoms with Crippen LogP contribution in [0.1, 0.15) is 44.3 Å². The van der Waals surface area contributed by atoms with Crippen molar-refractivity contribution in [3.8, 4) is 5.75 Å². The molecule has 1 unspecified atom stereocenters. The number of methoxy groups -OCH3 is 1. The van der Waals surface area contributed by atoms with Crippen LogP contribution < -0.4 is 4.74 Å². The lowest BCUT2D eigenvalue weighted by atomic mass is 9.98. The van der Waals surface area contributed by atoms with E-state index in [1.54, 1.807) is 31.4 Å². The third-order valence-electron chi connectivity index (χ3n) is 6.30. The lowest BCUT2D eigenvalue weighted by Crippen LogP contribution is -2.37. The van der Waals surface area contributed by atoms with Crippen molar-refractivity contribution >= 4 is 29.4 Å². The topological polar surface area (TPSA) is 106 Å². The first kappa shape index (κ1) is 23.9. The Morgan fingerprint density at radius 2 is 1.51 bits per heavy atom. The van der Waals surface area contributed by atoms with E-state index in [1.165, 1.54) is 17.1 Å². The average Bonchev–Trinajstić information content (AvgIpc) is 3.49. The standard InChI is InChI=1S/C28H23N3O6/c1-36-20-13-11-19(12-14-20)24-15-23(18-7-3-2-4-8-18)29-31(24)25(32)17-37-26(33)16-30-27(34)21-9-5-6-10-22(21)28(30)35/h2-14,24H,15-17H2,1H3. The van der Waals surface area contributed by atoms with Crippen LogP contribution in [0.5, 0.6) is 5.75 Å². The van der Waals surface area contributed by atoms with Gasteiger partial charge in [0.1, 0.15) is 12.3 Å². The molecular formula is C28H23N3O6. The van der Waals surface area contributed by atoms with E-state index < -0.39 is 42.9 Å². The van der Waals surface area contributed by atoms with Crippen LogP contribution in [-0.2, 0) is 14.3 Å². The minimum absolute atomic E-state index is 0.235. The van der Waals surface area contributed by atoms with Gasteiger partial charge in [-0.25, -0.2) is 5.01 Å². The van der Waals surface area contributed by atoms with Gasteiger partial charge >= 0.3 is 5.97 Å². The van der Waals surface area contributed by atoms with Crippen LogP contribution in [0.4, 0.5) is 0 Å². The molecule has 0 radical (unpaired) electrons. The minimum atomic E-state index is -0.865. The number of benzene rings is 3. The largest absolute Gasteiger partial charge is 0.497 e. The van der Waals surface area contributed by atoms with Crippen molar-refractivity contribution in [3.63, 3.8) is 0 Å². The summed E-state index contributed by atoms with van der Waals surface area (Å²) in [5.41, 5.74) is 2.93. The predicted molar refractivity (Wildman–Crippen MR) is 133 cm³/mol. The van der Waals surface area contributed by atoms with E-state index in [0.29, 0.717) is 12.2 Å². The number of hydrogen-bond donors (Lipinski definition) is 0. The molecule has 1 atom stereocenters. The van der Waals surface area contributed by atoms with E-state index in [4.69, 9.17) is 9.47 Å². The number of ether oxygens (including phenoxy) is 2. The van der Waals surface area contributed by atoms with Gasteiger partial charge in [0.15, 0.2) is 6.61 Å². The zero-order valence-electron chi connectivity index (χ0n) is 20.0. The van der Waals surface area contributed by atoms with Crippen molar-refractivity contribution in [2.45, 2.75) is 12.5 Å². The number of hydrogen-bond acceptors (Lipinski definition) is 7. The molecule has 2 aliphatic heterocycles. The Balaban J connectivity index is 1.28. The highest BCUT2D eigenvalue weighted by Gasteiger charge is 2.37. The van der Waals surface area contributed by atoms with Crippen molar-refractivity contribution < 1.29 is 28.7 Å². The molecule has 3 aromatic carbocycles. The molecule has 0 saturated carbocycles. The number of imide groups is 1. The Morgan fingerprint density at radius 1 is 0.892 bits per heavy atom. The molecule has 0 aliphatic carbocycles. The highest BCUT2D eigenvalue weighted by Crippen LogP contribution is 2.33. The van der Waals surface area contributed by atoms with Gasteiger partial charge in [-0.05, 0) is 35.4 Å². The molecule has 0 N–H and O–H groups in total. The van der Waals surface area contributed by atoms with Crippen molar-refractivity contribution in [2.75, 3.05) is 20.3 Å². The number of hydrazone groups is 1. The smallest absolute Gasteiger partial charge is 0.326 e. The first-order valence-electron chi connectivity index (χ1n) is 11.7. The van der Waals surface area contributed by atoms with Crippen molar-refractivity contribution in [3.05, 3.63) is 101 Å². The van der Waals surface area contributed by atoms with Gasteiger partial charge in [0, 0.05) is 6.42 Å². The summed E-state index contributed by atoms with van der Waals surface area (Å²) in [6.07, 6.45) is 0.477. The number of esters is 1. The summed E-state index contributed by atoms with van der Waals surface area (Å²) >= 11 is 0. The van der Waals surface area contributed by atoms with Gasteiger partial charge < -0.3 is 9.47 Å².